The van der Waals surface area contributed by atoms with E-state index in [0.717, 1.165) is 13.0 Å². The van der Waals surface area contributed by atoms with E-state index in [0.29, 0.717) is 12.5 Å². The zero-order valence-corrected chi connectivity index (χ0v) is 11.4. The molecule has 0 aromatic heterocycles. The third kappa shape index (κ3) is 5.14. The third-order valence-corrected chi connectivity index (χ3v) is 2.92. The SMILES string of the molecule is CC(=O)CN(C)CCc1ccc(C(C)C)cc1. The number of benzene rings is 1. The van der Waals surface area contributed by atoms with Crippen molar-refractivity contribution in [2.24, 2.45) is 0 Å². The number of nitrogens with zero attached hydrogens (tertiary/aromatic N) is 1. The Bertz CT molecular complexity index is 354. The van der Waals surface area contributed by atoms with Gasteiger partial charge >= 0.3 is 0 Å². The lowest BCUT2D eigenvalue weighted by atomic mass is 10.0. The highest BCUT2D eigenvalue weighted by Crippen LogP contribution is 2.14. The first kappa shape index (κ1) is 13.9. The van der Waals surface area contributed by atoms with Gasteiger partial charge in [-0.1, -0.05) is 38.1 Å². The highest BCUT2D eigenvalue weighted by Gasteiger charge is 2.03. The fraction of sp³-hybridized carbons (Fsp3) is 0.533. The molecule has 0 saturated carbocycles. The largest absolute Gasteiger partial charge is 0.299 e. The van der Waals surface area contributed by atoms with E-state index in [1.54, 1.807) is 6.92 Å². The summed E-state index contributed by atoms with van der Waals surface area (Å²) in [6, 6.07) is 8.78. The summed E-state index contributed by atoms with van der Waals surface area (Å²) >= 11 is 0. The molecule has 0 N–H and O–H groups in total. The molecule has 0 aliphatic carbocycles. The van der Waals surface area contributed by atoms with E-state index in [-0.39, 0.29) is 5.78 Å². The summed E-state index contributed by atoms with van der Waals surface area (Å²) in [7, 11) is 1.99. The van der Waals surface area contributed by atoms with Crippen LogP contribution < -0.4 is 0 Å². The van der Waals surface area contributed by atoms with Gasteiger partial charge in [0.25, 0.3) is 0 Å². The van der Waals surface area contributed by atoms with Crippen molar-refractivity contribution in [1.29, 1.82) is 0 Å². The number of ketones is 1. The lowest BCUT2D eigenvalue weighted by molar-refractivity contribution is -0.117. The number of Topliss-reactive ketones (excluding diaryl/α,β-unsaturated/α-hetero) is 1. The normalized spacial score (nSPS) is 11.2. The van der Waals surface area contributed by atoms with E-state index in [1.165, 1.54) is 11.1 Å². The van der Waals surface area contributed by atoms with E-state index >= 15 is 0 Å². The Balaban J connectivity index is 2.44. The lowest BCUT2D eigenvalue weighted by Gasteiger charge is -2.14. The summed E-state index contributed by atoms with van der Waals surface area (Å²) in [6.45, 7) is 7.52. The highest BCUT2D eigenvalue weighted by atomic mass is 16.1. The van der Waals surface area contributed by atoms with E-state index < -0.39 is 0 Å². The molecule has 0 heterocycles. The Hall–Kier alpha value is -1.15. The van der Waals surface area contributed by atoms with E-state index in [9.17, 15) is 4.79 Å². The topological polar surface area (TPSA) is 20.3 Å². The van der Waals surface area contributed by atoms with Crippen LogP contribution >= 0.6 is 0 Å². The van der Waals surface area contributed by atoms with Gasteiger partial charge in [-0.2, -0.15) is 0 Å². The van der Waals surface area contributed by atoms with Crippen LogP contribution in [-0.4, -0.2) is 30.8 Å². The Morgan fingerprint density at radius 1 is 1.24 bits per heavy atom. The van der Waals surface area contributed by atoms with Gasteiger partial charge in [0.2, 0.25) is 0 Å². The van der Waals surface area contributed by atoms with Crippen LogP contribution in [0.1, 0.15) is 37.8 Å². The molecule has 0 saturated heterocycles. The molecular formula is C15H23NO. The molecule has 94 valence electrons. The Kier molecular flexibility index (Phi) is 5.36. The molecule has 0 fully saturated rings. The van der Waals surface area contributed by atoms with Gasteiger partial charge < -0.3 is 0 Å². The fourth-order valence-corrected chi connectivity index (χ4v) is 1.85. The van der Waals surface area contributed by atoms with E-state index in [4.69, 9.17) is 0 Å². The van der Waals surface area contributed by atoms with Gasteiger partial charge in [-0.05, 0) is 37.4 Å². The lowest BCUT2D eigenvalue weighted by Crippen LogP contribution is -2.26. The molecule has 0 aliphatic heterocycles. The quantitative estimate of drug-likeness (QED) is 0.753. The van der Waals surface area contributed by atoms with Gasteiger partial charge in [0.05, 0.1) is 6.54 Å². The molecule has 0 atom stereocenters. The maximum Gasteiger partial charge on any atom is 0.143 e. The number of carbonyl (C=O) groups excluding carboxylic acids is 1. The standard InChI is InChI=1S/C15H23NO/c1-12(2)15-7-5-14(6-8-15)9-10-16(4)11-13(3)17/h5-8,12H,9-11H2,1-4H3. The Morgan fingerprint density at radius 2 is 1.82 bits per heavy atom. The summed E-state index contributed by atoms with van der Waals surface area (Å²) in [6.07, 6.45) is 1.00. The molecule has 2 nitrogen and oxygen atoms in total. The van der Waals surface area contributed by atoms with Crippen LogP contribution in [-0.2, 0) is 11.2 Å². The van der Waals surface area contributed by atoms with Crippen LogP contribution in [0.2, 0.25) is 0 Å². The first-order valence-corrected chi connectivity index (χ1v) is 6.26. The number of hydrogen-bond acceptors (Lipinski definition) is 2. The van der Waals surface area contributed by atoms with Crippen LogP contribution in [0.4, 0.5) is 0 Å². The van der Waals surface area contributed by atoms with Crippen LogP contribution in [0.15, 0.2) is 24.3 Å². The van der Waals surface area contributed by atoms with Crippen LogP contribution in [0, 0.1) is 0 Å². The monoisotopic (exact) mass is 233 g/mol. The predicted octanol–water partition coefficient (Wildman–Crippen LogP) is 2.87. The van der Waals surface area contributed by atoms with Gasteiger partial charge in [0.1, 0.15) is 5.78 Å². The maximum atomic E-state index is 10.9. The number of carbonyl (C=O) groups is 1. The van der Waals surface area contributed by atoms with Crippen LogP contribution in [0.5, 0.6) is 0 Å². The molecule has 1 rings (SSSR count). The molecule has 2 heteroatoms. The van der Waals surface area contributed by atoms with E-state index in [2.05, 4.69) is 43.0 Å². The van der Waals surface area contributed by atoms with Crippen molar-refractivity contribution >= 4 is 5.78 Å². The molecule has 0 aliphatic rings. The summed E-state index contributed by atoms with van der Waals surface area (Å²) in [4.78, 5) is 13.0. The van der Waals surface area contributed by atoms with Crippen molar-refractivity contribution in [2.75, 3.05) is 20.1 Å². The minimum Gasteiger partial charge on any atom is -0.299 e. The molecule has 0 unspecified atom stereocenters. The van der Waals surface area contributed by atoms with Gasteiger partial charge in [-0.25, -0.2) is 0 Å². The average Bonchev–Trinajstić information content (AvgIpc) is 2.26. The van der Waals surface area contributed by atoms with E-state index in [1.807, 2.05) is 7.05 Å². The Morgan fingerprint density at radius 3 is 2.29 bits per heavy atom. The molecule has 0 amide bonds. The summed E-state index contributed by atoms with van der Waals surface area (Å²) < 4.78 is 0. The van der Waals surface area contributed by atoms with Gasteiger partial charge in [-0.15, -0.1) is 0 Å². The minimum absolute atomic E-state index is 0.225. The highest BCUT2D eigenvalue weighted by molar-refractivity contribution is 5.77. The zero-order valence-electron chi connectivity index (χ0n) is 11.4. The molecule has 0 spiro atoms. The molecule has 0 bridgehead atoms. The Labute approximate surface area is 105 Å². The van der Waals surface area contributed by atoms with Crippen molar-refractivity contribution in [2.45, 2.75) is 33.1 Å². The summed E-state index contributed by atoms with van der Waals surface area (Å²) in [5.74, 6) is 0.812. The van der Waals surface area contributed by atoms with Crippen molar-refractivity contribution in [3.05, 3.63) is 35.4 Å². The number of likely N-dealkylation sites (N-methyl/N-ethyl adjacent to an activating group) is 1. The molecule has 1 aromatic carbocycles. The first-order chi connectivity index (χ1) is 7.99. The van der Waals surface area contributed by atoms with Crippen molar-refractivity contribution in [3.8, 4) is 0 Å². The second-order valence-corrected chi connectivity index (χ2v) is 5.09. The molecular weight excluding hydrogens is 210 g/mol. The minimum atomic E-state index is 0.225. The molecule has 17 heavy (non-hydrogen) atoms. The van der Waals surface area contributed by atoms with Crippen molar-refractivity contribution in [3.63, 3.8) is 0 Å². The number of hydrogen-bond donors (Lipinski definition) is 0. The predicted molar refractivity (Wildman–Crippen MR) is 72.4 cm³/mol. The molecule has 1 aromatic rings. The zero-order chi connectivity index (χ0) is 12.8. The van der Waals surface area contributed by atoms with Crippen LogP contribution in [0.25, 0.3) is 0 Å². The first-order valence-electron chi connectivity index (χ1n) is 6.26. The maximum absolute atomic E-state index is 10.9. The van der Waals surface area contributed by atoms with Crippen molar-refractivity contribution < 1.29 is 4.79 Å². The second kappa shape index (κ2) is 6.55. The second-order valence-electron chi connectivity index (χ2n) is 5.09. The third-order valence-electron chi connectivity index (χ3n) is 2.92. The van der Waals surface area contributed by atoms with Gasteiger partial charge in [0, 0.05) is 6.54 Å². The molecule has 0 radical (unpaired) electrons. The fourth-order valence-electron chi connectivity index (χ4n) is 1.85. The summed E-state index contributed by atoms with van der Waals surface area (Å²) in [5.41, 5.74) is 2.72. The van der Waals surface area contributed by atoms with Crippen molar-refractivity contribution in [1.82, 2.24) is 4.90 Å². The average molecular weight is 233 g/mol. The van der Waals surface area contributed by atoms with Gasteiger partial charge in [-0.3, -0.25) is 9.69 Å². The van der Waals surface area contributed by atoms with Gasteiger partial charge in [0.15, 0.2) is 0 Å². The smallest absolute Gasteiger partial charge is 0.143 e. The summed E-state index contributed by atoms with van der Waals surface area (Å²) in [5, 5.41) is 0. The van der Waals surface area contributed by atoms with Crippen LogP contribution in [0.3, 0.4) is 0 Å². The number of rotatable bonds is 6.